The molecule has 0 fully saturated rings. The Morgan fingerprint density at radius 3 is 2.48 bits per heavy atom. The van der Waals surface area contributed by atoms with Crippen LogP contribution in [0.3, 0.4) is 0 Å². The third kappa shape index (κ3) is 3.28. The third-order valence-corrected chi connectivity index (χ3v) is 5.69. The zero-order chi connectivity index (χ0) is 16.6. The van der Waals surface area contributed by atoms with Crippen LogP contribution in [0.5, 0.6) is 0 Å². The van der Waals surface area contributed by atoms with Gasteiger partial charge in [-0.05, 0) is 67.1 Å². The Balaban J connectivity index is 1.84. The summed E-state index contributed by atoms with van der Waals surface area (Å²) < 4.78 is 53.8. The Hall–Kier alpha value is -1.79. The Kier molecular flexibility index (Phi) is 4.21. The van der Waals surface area contributed by atoms with Crippen LogP contribution >= 0.6 is 0 Å². The fourth-order valence-corrected chi connectivity index (χ4v) is 4.15. The van der Waals surface area contributed by atoms with Crippen LogP contribution < -0.4 is 4.72 Å². The highest BCUT2D eigenvalue weighted by Gasteiger charge is 2.21. The van der Waals surface area contributed by atoms with Crippen molar-refractivity contribution < 1.29 is 17.2 Å². The lowest BCUT2D eigenvalue weighted by molar-refractivity contribution is 0.504. The molecule has 1 N–H and O–H groups in total. The average molecular weight is 337 g/mol. The van der Waals surface area contributed by atoms with Crippen LogP contribution in [0.2, 0.25) is 0 Å². The van der Waals surface area contributed by atoms with Gasteiger partial charge in [0, 0.05) is 6.04 Å². The molecule has 1 atom stereocenters. The fourth-order valence-electron chi connectivity index (χ4n) is 2.87. The first-order chi connectivity index (χ1) is 10.9. The van der Waals surface area contributed by atoms with Crippen LogP contribution in [0, 0.1) is 11.6 Å². The molecule has 1 aliphatic carbocycles. The molecular weight excluding hydrogens is 320 g/mol. The minimum Gasteiger partial charge on any atom is -0.207 e. The van der Waals surface area contributed by atoms with Crippen molar-refractivity contribution in [3.8, 4) is 0 Å². The van der Waals surface area contributed by atoms with Gasteiger partial charge in [0.15, 0.2) is 11.6 Å². The molecule has 2 aromatic carbocycles. The van der Waals surface area contributed by atoms with E-state index in [9.17, 15) is 17.2 Å². The first-order valence-electron chi connectivity index (χ1n) is 7.46. The van der Waals surface area contributed by atoms with E-state index in [1.54, 1.807) is 19.1 Å². The van der Waals surface area contributed by atoms with Gasteiger partial charge in [-0.2, -0.15) is 0 Å². The molecule has 1 unspecified atom stereocenters. The van der Waals surface area contributed by atoms with Crippen LogP contribution in [-0.2, 0) is 22.9 Å². The van der Waals surface area contributed by atoms with Crippen molar-refractivity contribution in [2.24, 2.45) is 0 Å². The van der Waals surface area contributed by atoms with Crippen molar-refractivity contribution in [2.45, 2.75) is 37.1 Å². The molecule has 0 bridgehead atoms. The second-order valence-corrected chi connectivity index (χ2v) is 7.51. The quantitative estimate of drug-likeness (QED) is 0.928. The maximum atomic E-state index is 13.3. The minimum absolute atomic E-state index is 0.201. The number of sulfonamides is 1. The van der Waals surface area contributed by atoms with Gasteiger partial charge in [-0.1, -0.05) is 12.1 Å². The lowest BCUT2D eigenvalue weighted by Crippen LogP contribution is -2.27. The monoisotopic (exact) mass is 337 g/mol. The molecule has 2 aromatic rings. The van der Waals surface area contributed by atoms with E-state index in [-0.39, 0.29) is 4.90 Å². The van der Waals surface area contributed by atoms with E-state index in [4.69, 9.17) is 0 Å². The maximum absolute atomic E-state index is 13.3. The SMILES string of the molecule is CC(NS(=O)(=O)c1ccc2c(c1)CCC2)c1ccc(F)c(F)c1. The zero-order valence-corrected chi connectivity index (χ0v) is 13.5. The lowest BCUT2D eigenvalue weighted by Gasteiger charge is -2.15. The van der Waals surface area contributed by atoms with Crippen molar-refractivity contribution in [2.75, 3.05) is 0 Å². The van der Waals surface area contributed by atoms with E-state index >= 15 is 0 Å². The summed E-state index contributed by atoms with van der Waals surface area (Å²) in [6, 6.07) is 7.83. The summed E-state index contributed by atoms with van der Waals surface area (Å²) in [5, 5.41) is 0. The maximum Gasteiger partial charge on any atom is 0.241 e. The molecule has 0 heterocycles. The Morgan fingerprint density at radius 2 is 1.74 bits per heavy atom. The number of fused-ring (bicyclic) bond motifs is 1. The largest absolute Gasteiger partial charge is 0.241 e. The molecular formula is C17H17F2NO2S. The summed E-state index contributed by atoms with van der Waals surface area (Å²) in [5.41, 5.74) is 2.62. The molecule has 3 nitrogen and oxygen atoms in total. The molecule has 122 valence electrons. The number of hydrogen-bond acceptors (Lipinski definition) is 2. The van der Waals surface area contributed by atoms with Gasteiger partial charge in [0.05, 0.1) is 4.90 Å². The molecule has 0 spiro atoms. The summed E-state index contributed by atoms with van der Waals surface area (Å²) in [6.07, 6.45) is 2.91. The fraction of sp³-hybridized carbons (Fsp3) is 0.294. The summed E-state index contributed by atoms with van der Waals surface area (Å²) in [5.74, 6) is -1.95. The molecule has 0 radical (unpaired) electrons. The number of hydrogen-bond donors (Lipinski definition) is 1. The van der Waals surface area contributed by atoms with E-state index in [0.29, 0.717) is 5.56 Å². The first kappa shape index (κ1) is 16.1. The number of halogens is 2. The average Bonchev–Trinajstić information content (AvgIpc) is 2.97. The minimum atomic E-state index is -3.72. The van der Waals surface area contributed by atoms with Crippen molar-refractivity contribution in [1.82, 2.24) is 4.72 Å². The molecule has 0 aliphatic heterocycles. The Bertz CT molecular complexity index is 850. The standard InChI is InChI=1S/C17H17F2NO2S/c1-11(13-6-8-16(18)17(19)10-13)20-23(21,22)15-7-5-12-3-2-4-14(12)9-15/h5-11,20H,2-4H2,1H3. The van der Waals surface area contributed by atoms with Gasteiger partial charge in [-0.25, -0.2) is 21.9 Å². The van der Waals surface area contributed by atoms with Crippen molar-refractivity contribution in [3.63, 3.8) is 0 Å². The van der Waals surface area contributed by atoms with Crippen LogP contribution in [0.25, 0.3) is 0 Å². The van der Waals surface area contributed by atoms with Crippen LogP contribution in [-0.4, -0.2) is 8.42 Å². The molecule has 1 aliphatic rings. The topological polar surface area (TPSA) is 46.2 Å². The number of aryl methyl sites for hydroxylation is 2. The van der Waals surface area contributed by atoms with Gasteiger partial charge in [0.25, 0.3) is 0 Å². The van der Waals surface area contributed by atoms with E-state index in [1.807, 2.05) is 6.07 Å². The van der Waals surface area contributed by atoms with Crippen molar-refractivity contribution in [3.05, 3.63) is 64.7 Å². The van der Waals surface area contributed by atoms with Gasteiger partial charge in [-0.3, -0.25) is 0 Å². The second-order valence-electron chi connectivity index (χ2n) is 5.80. The molecule has 23 heavy (non-hydrogen) atoms. The van der Waals surface area contributed by atoms with E-state index < -0.39 is 27.7 Å². The summed E-state index contributed by atoms with van der Waals surface area (Å²) >= 11 is 0. The Morgan fingerprint density at radius 1 is 1.00 bits per heavy atom. The van der Waals surface area contributed by atoms with Gasteiger partial charge in [0.1, 0.15) is 0 Å². The van der Waals surface area contributed by atoms with Crippen molar-refractivity contribution >= 4 is 10.0 Å². The molecule has 0 amide bonds. The number of benzene rings is 2. The summed E-state index contributed by atoms with van der Waals surface area (Å²) in [7, 11) is -3.72. The first-order valence-corrected chi connectivity index (χ1v) is 8.94. The molecule has 0 aromatic heterocycles. The lowest BCUT2D eigenvalue weighted by atomic mass is 10.1. The smallest absolute Gasteiger partial charge is 0.207 e. The van der Waals surface area contributed by atoms with Gasteiger partial charge < -0.3 is 0 Å². The molecule has 0 saturated carbocycles. The van der Waals surface area contributed by atoms with Gasteiger partial charge in [0.2, 0.25) is 10.0 Å². The third-order valence-electron chi connectivity index (χ3n) is 4.16. The highest BCUT2D eigenvalue weighted by Crippen LogP contribution is 2.26. The van der Waals surface area contributed by atoms with Gasteiger partial charge in [-0.15, -0.1) is 0 Å². The van der Waals surface area contributed by atoms with Crippen LogP contribution in [0.1, 0.15) is 36.1 Å². The predicted molar refractivity (Wildman–Crippen MR) is 83.6 cm³/mol. The van der Waals surface area contributed by atoms with Crippen molar-refractivity contribution in [1.29, 1.82) is 0 Å². The molecule has 6 heteroatoms. The molecule has 0 saturated heterocycles. The van der Waals surface area contributed by atoms with Gasteiger partial charge >= 0.3 is 0 Å². The predicted octanol–water partition coefficient (Wildman–Crippen LogP) is 3.49. The second kappa shape index (κ2) is 6.02. The normalized spacial score (nSPS) is 15.4. The zero-order valence-electron chi connectivity index (χ0n) is 12.6. The summed E-state index contributed by atoms with van der Waals surface area (Å²) in [6.45, 7) is 1.59. The Labute approximate surface area is 134 Å². The van der Waals surface area contributed by atoms with E-state index in [0.717, 1.165) is 37.0 Å². The molecule has 3 rings (SSSR count). The van der Waals surface area contributed by atoms with Crippen LogP contribution in [0.4, 0.5) is 8.78 Å². The van der Waals surface area contributed by atoms with E-state index in [2.05, 4.69) is 4.72 Å². The number of nitrogens with one attached hydrogen (secondary N) is 1. The van der Waals surface area contributed by atoms with E-state index in [1.165, 1.54) is 11.6 Å². The summed E-state index contributed by atoms with van der Waals surface area (Å²) in [4.78, 5) is 0.201. The number of rotatable bonds is 4. The highest BCUT2D eigenvalue weighted by atomic mass is 32.2. The highest BCUT2D eigenvalue weighted by molar-refractivity contribution is 7.89. The van der Waals surface area contributed by atoms with Crippen LogP contribution in [0.15, 0.2) is 41.3 Å².